The Labute approximate surface area is 811 Å². The molecule has 0 spiro atoms. The average Bonchev–Trinajstić information content (AvgIpc) is 1.64. The van der Waals surface area contributed by atoms with E-state index >= 15 is 0 Å². The molecule has 0 bridgehead atoms. The van der Waals surface area contributed by atoms with Crippen molar-refractivity contribution in [1.82, 2.24) is 30.7 Å². The number of esters is 4. The fourth-order valence-electron chi connectivity index (χ4n) is 12.4. The first-order valence-electron chi connectivity index (χ1n) is 45.4. The predicted molar refractivity (Wildman–Crippen MR) is 501 cm³/mol. The third-order valence-electron chi connectivity index (χ3n) is 18.1. The molecule has 3 saturated heterocycles. The number of aldehydes is 2. The van der Waals surface area contributed by atoms with Crippen LogP contribution in [0, 0.1) is 0 Å². The van der Waals surface area contributed by atoms with Gasteiger partial charge in [-0.15, -0.1) is 9.24 Å². The predicted octanol–water partition coefficient (Wildman–Crippen LogP) is 5.46. The van der Waals surface area contributed by atoms with E-state index in [-0.39, 0.29) is 144 Å². The molecule has 6 heterocycles. The van der Waals surface area contributed by atoms with Crippen molar-refractivity contribution in [3.05, 3.63) is 101 Å². The van der Waals surface area contributed by atoms with Gasteiger partial charge in [0.05, 0.1) is 158 Å². The Morgan fingerprint density at radius 1 is 0.453 bits per heavy atom. The highest BCUT2D eigenvalue weighted by molar-refractivity contribution is 7.15. The molecular weight excluding hydrogens is 1860 g/mol. The number of carboxylic acids is 1. The third-order valence-corrected chi connectivity index (χ3v) is 18.1. The molecule has 0 saturated carbocycles. The topological polar surface area (TPSA) is 570 Å². The Balaban J connectivity index is 0.000000843. The summed E-state index contributed by atoms with van der Waals surface area (Å²) in [6.07, 6.45) is -1.49. The summed E-state index contributed by atoms with van der Waals surface area (Å²) in [6.45, 7) is 33.6. The average molecular weight is 2000 g/mol. The molecular formula is C93H141F3N9O33P. The van der Waals surface area contributed by atoms with Gasteiger partial charge in [0.15, 0.2) is 0 Å². The van der Waals surface area contributed by atoms with E-state index in [9.17, 15) is 85.1 Å². The number of ether oxygens (including phenoxy) is 13. The molecule has 782 valence electrons. The zero-order valence-electron chi connectivity index (χ0n) is 82.3. The highest BCUT2D eigenvalue weighted by Gasteiger charge is 2.43. The minimum absolute atomic E-state index is 0.0118. The van der Waals surface area contributed by atoms with Gasteiger partial charge in [0.1, 0.15) is 53.4 Å². The van der Waals surface area contributed by atoms with Crippen LogP contribution in [0.25, 0.3) is 0 Å². The second-order valence-electron chi connectivity index (χ2n) is 34.0. The van der Waals surface area contributed by atoms with E-state index in [0.717, 1.165) is 34.1 Å². The quantitative estimate of drug-likeness (QED) is 0.00491. The third kappa shape index (κ3) is 55.6. The molecule has 3 aromatic rings. The summed E-state index contributed by atoms with van der Waals surface area (Å²) in [6, 6.07) is 14.1. The van der Waals surface area contributed by atoms with E-state index in [1.807, 2.05) is 95.2 Å². The molecule has 4 unspecified atom stereocenters. The Bertz CT molecular complexity index is 4390. The minimum atomic E-state index is -4.64. The highest BCUT2D eigenvalue weighted by Crippen LogP contribution is 2.35. The first-order valence-corrected chi connectivity index (χ1v) is 45.5. The highest BCUT2D eigenvalue weighted by atomic mass is 31.0. The van der Waals surface area contributed by atoms with Crippen LogP contribution in [-0.2, 0) is 144 Å². The van der Waals surface area contributed by atoms with Gasteiger partial charge in [0, 0.05) is 110 Å². The first-order chi connectivity index (χ1) is 66.0. The lowest BCUT2D eigenvalue weighted by Crippen LogP contribution is -2.52. The Morgan fingerprint density at radius 2 is 0.734 bits per heavy atom. The first kappa shape index (κ1) is 124. The largest absolute Gasteiger partial charge is 0.481 e. The number of hydrogen-bond donors (Lipinski definition) is 10. The van der Waals surface area contributed by atoms with Gasteiger partial charge in [-0.25, -0.2) is 4.79 Å². The SMILES string of the molecule is C=CC(=O)OC(C)(C)C.CC(C)(C)OC(=O)CCOCCOCC=O.CC(C)(C)OC(=O)CCOCCOCCNc1cccc2c1CN(C1CCC(=O)NC1=O)C2=O.CC(C)(C)OC(=O)CCOCCOCCO.Nc1cccc2c1CN(C1CCC(=O)NC1=O)C2=O.O=C(O)CCOCCOCCNc1cccc2c1CN(C1CCC(=O)NC1=O)C2=O.O=CC(F)(F)F.OCCOCCO.[2H]CP. The summed E-state index contributed by atoms with van der Waals surface area (Å²) in [5, 5.41) is 46.5. The Morgan fingerprint density at radius 3 is 1.01 bits per heavy atom. The Hall–Kier alpha value is -10.9. The molecule has 42 nitrogen and oxygen atoms in total. The van der Waals surface area contributed by atoms with Crippen molar-refractivity contribution in [2.75, 3.05) is 175 Å². The summed E-state index contributed by atoms with van der Waals surface area (Å²) in [5.41, 5.74) is 10.3. The molecule has 0 aliphatic carbocycles. The summed E-state index contributed by atoms with van der Waals surface area (Å²) in [4.78, 5) is 186. The summed E-state index contributed by atoms with van der Waals surface area (Å²) in [5.74, 6) is -4.87. The van der Waals surface area contributed by atoms with E-state index in [0.29, 0.717) is 186 Å². The van der Waals surface area contributed by atoms with Gasteiger partial charge in [-0.1, -0.05) is 31.4 Å². The maximum atomic E-state index is 12.9. The zero-order valence-corrected chi connectivity index (χ0v) is 82.4. The number of alkyl halides is 3. The summed E-state index contributed by atoms with van der Waals surface area (Å²) >= 11 is 0. The molecule has 4 atom stereocenters. The second kappa shape index (κ2) is 68.2. The molecule has 9 amide bonds. The number of nitrogens with one attached hydrogen (secondary N) is 5. The van der Waals surface area contributed by atoms with Crippen LogP contribution in [0.4, 0.5) is 30.2 Å². The number of halogens is 3. The lowest BCUT2D eigenvalue weighted by molar-refractivity contribution is -0.157. The van der Waals surface area contributed by atoms with Crippen LogP contribution in [0.5, 0.6) is 0 Å². The number of hydrogen-bond acceptors (Lipinski definition) is 35. The summed E-state index contributed by atoms with van der Waals surface area (Å²) < 4.78 is 104. The van der Waals surface area contributed by atoms with Gasteiger partial charge in [0.25, 0.3) is 17.7 Å². The van der Waals surface area contributed by atoms with Crippen LogP contribution in [0.15, 0.2) is 67.3 Å². The van der Waals surface area contributed by atoms with Crippen LogP contribution in [0.2, 0.25) is 0 Å². The number of fused-ring (bicyclic) bond motifs is 3. The van der Waals surface area contributed by atoms with E-state index in [4.69, 9.17) is 89.2 Å². The van der Waals surface area contributed by atoms with Crippen molar-refractivity contribution >= 4 is 122 Å². The van der Waals surface area contributed by atoms with Crippen LogP contribution in [0.1, 0.15) is 196 Å². The number of piperidine rings is 3. The lowest BCUT2D eigenvalue weighted by Gasteiger charge is -2.29. The van der Waals surface area contributed by atoms with E-state index in [2.05, 4.69) is 47.1 Å². The molecule has 3 fully saturated rings. The number of nitrogen functional groups attached to an aromatic ring is 1. The minimum Gasteiger partial charge on any atom is -0.481 e. The van der Waals surface area contributed by atoms with Crippen molar-refractivity contribution < 1.29 is 173 Å². The van der Waals surface area contributed by atoms with Gasteiger partial charge in [-0.05, 0) is 139 Å². The number of carboxylic acid groups (broad SMARTS) is 1. The molecule has 46 heteroatoms. The molecule has 6 aliphatic heterocycles. The number of aliphatic carboxylic acids is 1. The number of aliphatic hydroxyl groups excluding tert-OH is 3. The van der Waals surface area contributed by atoms with Crippen LogP contribution < -0.4 is 32.3 Å². The molecule has 11 N–H and O–H groups in total. The van der Waals surface area contributed by atoms with Gasteiger partial charge >= 0.3 is 36.0 Å². The maximum absolute atomic E-state index is 12.9. The van der Waals surface area contributed by atoms with Crippen molar-refractivity contribution in [3.63, 3.8) is 0 Å². The number of nitrogens with two attached hydrogens (primary N) is 1. The fourth-order valence-corrected chi connectivity index (χ4v) is 12.4. The molecule has 9 rings (SSSR count). The fraction of sp³-hybridized carbons (Fsp3) is 0.613. The molecule has 0 radical (unpaired) electrons. The number of anilines is 3. The van der Waals surface area contributed by atoms with Crippen molar-refractivity contribution in [2.24, 2.45) is 0 Å². The molecule has 0 aromatic heterocycles. The standard InChI is InChI=1S/C24H33N3O7.C20H25N3O7.C13H13N3O3.C11H22O5.C11H20O5.C7H12O2.C4H10O3.C2HF3O.CH5P/c1-24(2,3)34-21(29)9-11-32-13-14-33-12-10-25-18-6-4-5-16-17(18)15-27(23(16)31)19-7-8-20(28)26-22(19)30;24-17-5-4-16(19(27)22-17)23-12-14-13(20(23)28)2-1-3-15(14)21-7-9-30-11-10-29-8-6-18(25)26;14-9-3-1-2-7-8(9)6-16(13(7)19)10-4-5-11(17)15-12(10)18;2*1-11(2,3)16-10(13)4-6-14-8-9-15-7-5-12;1-5-6(8)9-7(2,3)4;5-1-3-7-4-2-6;3-2(4,5)1-6;1-2/h4-6,19,25H,7-15H2,1-3H3,(H,26,28,30);1-3,16,21H,4-12H2,(H,25,26)(H,22,24,27);1-3,10H,4-6,14H2,(H,15,17,18);12H,4-9H2,1-3H3;5H,4,6-9H2,1-3H3;5H,1H2,2-4H3;5-6H,1-4H2;1H;2H2,1H3/i;;;;;;;;1D. The number of benzene rings is 3. The normalized spacial score (nSPS) is 15.8. The smallest absolute Gasteiger partial charge is 0.446 e. The van der Waals surface area contributed by atoms with Gasteiger partial charge in [-0.3, -0.25) is 83.1 Å². The van der Waals surface area contributed by atoms with E-state index < -0.39 is 76.7 Å². The van der Waals surface area contributed by atoms with Gasteiger partial charge < -0.3 is 118 Å². The van der Waals surface area contributed by atoms with Crippen LogP contribution in [0.3, 0.4) is 0 Å². The van der Waals surface area contributed by atoms with E-state index in [1.165, 1.54) is 14.7 Å². The lowest BCUT2D eigenvalue weighted by atomic mass is 10.0. The van der Waals surface area contributed by atoms with E-state index in [1.54, 1.807) is 42.5 Å². The number of amides is 9. The van der Waals surface area contributed by atoms with Crippen LogP contribution >= 0.6 is 9.24 Å². The molecule has 6 aliphatic rings. The number of rotatable bonds is 44. The maximum Gasteiger partial charge on any atom is 0.446 e. The zero-order chi connectivity index (χ0) is 106. The molecule has 139 heavy (non-hydrogen) atoms. The number of carbonyl (C=O) groups is 16. The van der Waals surface area contributed by atoms with Crippen molar-refractivity contribution in [1.29, 1.82) is 0 Å². The van der Waals surface area contributed by atoms with Gasteiger partial charge in [-0.2, -0.15) is 13.2 Å². The van der Waals surface area contributed by atoms with Crippen molar-refractivity contribution in [3.8, 4) is 0 Å². The van der Waals surface area contributed by atoms with Gasteiger partial charge in [0.2, 0.25) is 41.7 Å². The second-order valence-corrected chi connectivity index (χ2v) is 34.0. The Kier molecular flexibility index (Phi) is 60.9. The number of nitrogens with zero attached hydrogens (tertiary/aromatic N) is 3. The summed E-state index contributed by atoms with van der Waals surface area (Å²) in [7, 11) is 2.25. The van der Waals surface area contributed by atoms with Crippen LogP contribution in [-0.4, -0.2) is 336 Å². The number of aliphatic hydroxyl groups is 3. The monoisotopic (exact) mass is 2000 g/mol. The molecule has 3 aromatic carbocycles. The number of imide groups is 3. The number of carbonyl (C=O) groups excluding carboxylic acids is 15. The van der Waals surface area contributed by atoms with Crippen molar-refractivity contribution in [2.45, 2.75) is 214 Å².